The van der Waals surface area contributed by atoms with E-state index < -0.39 is 0 Å². The van der Waals surface area contributed by atoms with E-state index in [4.69, 9.17) is 0 Å². The maximum atomic E-state index is 4.21. The lowest BCUT2D eigenvalue weighted by Crippen LogP contribution is -2.33. The topological polar surface area (TPSA) is 15.3 Å². The molecule has 104 valence electrons. The van der Waals surface area contributed by atoms with Crippen molar-refractivity contribution in [1.29, 1.82) is 0 Å². The van der Waals surface area contributed by atoms with Crippen LogP contribution >= 0.6 is 0 Å². The Labute approximate surface area is 117 Å². The van der Waals surface area contributed by atoms with Gasteiger partial charge in [-0.2, -0.15) is 0 Å². The maximum absolute atomic E-state index is 4.21. The smallest absolute Gasteiger partial charge is 0.0401 e. The van der Waals surface area contributed by atoms with Crippen molar-refractivity contribution in [3.8, 4) is 0 Å². The summed E-state index contributed by atoms with van der Waals surface area (Å²) in [6, 6.07) is 6.82. The van der Waals surface area contributed by atoms with Crippen molar-refractivity contribution >= 4 is 5.69 Å². The highest BCUT2D eigenvalue weighted by atomic mass is 15.1. The molecule has 0 radical (unpaired) electrons. The summed E-state index contributed by atoms with van der Waals surface area (Å²) in [5, 5.41) is 3.43. The summed E-state index contributed by atoms with van der Waals surface area (Å²) in [5.41, 5.74) is 5.56. The average Bonchev–Trinajstić information content (AvgIpc) is 2.39. The third kappa shape index (κ3) is 3.84. The summed E-state index contributed by atoms with van der Waals surface area (Å²) in [7, 11) is 0. The third-order valence-corrected chi connectivity index (χ3v) is 3.67. The number of fused-ring (bicyclic) bond motifs is 1. The van der Waals surface area contributed by atoms with Crippen molar-refractivity contribution in [2.75, 3.05) is 31.1 Å². The normalized spacial score (nSPS) is 14.3. The molecule has 19 heavy (non-hydrogen) atoms. The lowest BCUT2D eigenvalue weighted by molar-refractivity contribution is 0.677. The van der Waals surface area contributed by atoms with Crippen molar-refractivity contribution in [3.63, 3.8) is 0 Å². The van der Waals surface area contributed by atoms with Gasteiger partial charge in [0, 0.05) is 25.3 Å². The monoisotopic (exact) mass is 258 g/mol. The molecule has 2 nitrogen and oxygen atoms in total. The van der Waals surface area contributed by atoms with Crippen molar-refractivity contribution in [2.24, 2.45) is 0 Å². The van der Waals surface area contributed by atoms with Gasteiger partial charge in [-0.25, -0.2) is 0 Å². The molecule has 0 bridgehead atoms. The molecule has 0 amide bonds. The molecule has 0 saturated heterocycles. The number of anilines is 1. The van der Waals surface area contributed by atoms with Gasteiger partial charge < -0.3 is 10.2 Å². The summed E-state index contributed by atoms with van der Waals surface area (Å²) < 4.78 is 0. The van der Waals surface area contributed by atoms with E-state index in [1.165, 1.54) is 41.6 Å². The highest BCUT2D eigenvalue weighted by molar-refractivity contribution is 5.57. The maximum Gasteiger partial charge on any atom is 0.0401 e. The Bertz CT molecular complexity index is 437. The predicted molar refractivity (Wildman–Crippen MR) is 84.0 cm³/mol. The number of hydrogen-bond acceptors (Lipinski definition) is 2. The van der Waals surface area contributed by atoms with Gasteiger partial charge in [0.25, 0.3) is 0 Å². The molecule has 1 N–H and O–H groups in total. The van der Waals surface area contributed by atoms with Gasteiger partial charge in [0.1, 0.15) is 0 Å². The molecule has 2 rings (SSSR count). The second-order valence-electron chi connectivity index (χ2n) is 5.58. The van der Waals surface area contributed by atoms with Gasteiger partial charge in [0.2, 0.25) is 0 Å². The van der Waals surface area contributed by atoms with E-state index in [0.717, 1.165) is 26.2 Å². The first-order chi connectivity index (χ1) is 9.20. The number of nitrogens with one attached hydrogen (secondary N) is 1. The number of hydrogen-bond donors (Lipinski definition) is 1. The molecule has 0 aliphatic carbocycles. The number of aryl methyl sites for hydroxylation is 2. The summed E-state index contributed by atoms with van der Waals surface area (Å²) in [6.45, 7) is 12.7. The fourth-order valence-electron chi connectivity index (χ4n) is 2.74. The summed E-state index contributed by atoms with van der Waals surface area (Å²) in [4.78, 5) is 2.48. The minimum Gasteiger partial charge on any atom is -0.367 e. The van der Waals surface area contributed by atoms with Gasteiger partial charge in [-0.15, -0.1) is 0 Å². The fraction of sp³-hybridized carbons (Fsp3) is 0.529. The van der Waals surface area contributed by atoms with Crippen LogP contribution in [0.4, 0.5) is 5.69 Å². The molecule has 2 heteroatoms. The van der Waals surface area contributed by atoms with Crippen LogP contribution in [-0.4, -0.2) is 26.2 Å². The lowest BCUT2D eigenvalue weighted by atomic mass is 9.99. The summed E-state index contributed by atoms with van der Waals surface area (Å²) >= 11 is 0. The average molecular weight is 258 g/mol. The molecular weight excluding hydrogens is 232 g/mol. The van der Waals surface area contributed by atoms with E-state index >= 15 is 0 Å². The molecule has 0 atom stereocenters. The van der Waals surface area contributed by atoms with E-state index in [1.54, 1.807) is 0 Å². The molecule has 1 aliphatic heterocycles. The van der Waals surface area contributed by atoms with Crippen LogP contribution < -0.4 is 10.2 Å². The standard InChI is InChI=1S/C17H26N2/c1-4-9-18-12-15(3)13-19-10-5-6-16-11-14(2)7-8-17(16)19/h7-8,11,18H,3-6,9-10,12-13H2,1-2H3. The first-order valence-corrected chi connectivity index (χ1v) is 7.42. The summed E-state index contributed by atoms with van der Waals surface area (Å²) in [6.07, 6.45) is 3.65. The van der Waals surface area contributed by atoms with Crippen LogP contribution in [-0.2, 0) is 6.42 Å². The van der Waals surface area contributed by atoms with E-state index in [9.17, 15) is 0 Å². The predicted octanol–water partition coefficient (Wildman–Crippen LogP) is 3.30. The van der Waals surface area contributed by atoms with E-state index in [1.807, 2.05) is 0 Å². The Balaban J connectivity index is 1.97. The zero-order valence-corrected chi connectivity index (χ0v) is 12.3. The van der Waals surface area contributed by atoms with Gasteiger partial charge in [-0.05, 0) is 49.9 Å². The Hall–Kier alpha value is -1.28. The first-order valence-electron chi connectivity index (χ1n) is 7.42. The van der Waals surface area contributed by atoms with Crippen LogP contribution in [0.25, 0.3) is 0 Å². The molecule has 1 aliphatic rings. The highest BCUT2D eigenvalue weighted by Crippen LogP contribution is 2.28. The molecule has 0 fully saturated rings. The van der Waals surface area contributed by atoms with Crippen LogP contribution in [0.5, 0.6) is 0 Å². The van der Waals surface area contributed by atoms with Crippen LogP contribution in [0, 0.1) is 6.92 Å². The highest BCUT2D eigenvalue weighted by Gasteiger charge is 2.16. The second-order valence-corrected chi connectivity index (χ2v) is 5.58. The molecular formula is C17H26N2. The van der Waals surface area contributed by atoms with Gasteiger partial charge >= 0.3 is 0 Å². The molecule has 1 aromatic carbocycles. The Morgan fingerprint density at radius 3 is 3.05 bits per heavy atom. The zero-order chi connectivity index (χ0) is 13.7. The number of benzene rings is 1. The molecule has 1 aromatic rings. The minimum atomic E-state index is 0.936. The number of rotatable bonds is 6. The van der Waals surface area contributed by atoms with Crippen molar-refractivity contribution in [1.82, 2.24) is 5.32 Å². The molecule has 0 spiro atoms. The third-order valence-electron chi connectivity index (χ3n) is 3.67. The van der Waals surface area contributed by atoms with Crippen molar-refractivity contribution in [3.05, 3.63) is 41.5 Å². The molecule has 0 unspecified atom stereocenters. The zero-order valence-electron chi connectivity index (χ0n) is 12.3. The molecule has 0 aromatic heterocycles. The minimum absolute atomic E-state index is 0.936. The Morgan fingerprint density at radius 1 is 1.42 bits per heavy atom. The van der Waals surface area contributed by atoms with Gasteiger partial charge in [-0.3, -0.25) is 0 Å². The van der Waals surface area contributed by atoms with Crippen molar-refractivity contribution in [2.45, 2.75) is 33.1 Å². The first kappa shape index (κ1) is 14.1. The van der Waals surface area contributed by atoms with Gasteiger partial charge in [-0.1, -0.05) is 31.2 Å². The molecule has 0 saturated carbocycles. The van der Waals surface area contributed by atoms with Crippen LogP contribution in [0.15, 0.2) is 30.4 Å². The fourth-order valence-corrected chi connectivity index (χ4v) is 2.74. The number of nitrogens with zero attached hydrogens (tertiary/aromatic N) is 1. The van der Waals surface area contributed by atoms with E-state index in [2.05, 4.69) is 48.8 Å². The largest absolute Gasteiger partial charge is 0.367 e. The van der Waals surface area contributed by atoms with Crippen molar-refractivity contribution < 1.29 is 0 Å². The van der Waals surface area contributed by atoms with Crippen LogP contribution in [0.2, 0.25) is 0 Å². The quantitative estimate of drug-likeness (QED) is 0.622. The Morgan fingerprint density at radius 2 is 2.26 bits per heavy atom. The van der Waals surface area contributed by atoms with Gasteiger partial charge in [0.05, 0.1) is 0 Å². The Kier molecular flexibility index (Phi) is 5.03. The SMILES string of the molecule is C=C(CNCCC)CN1CCCc2cc(C)ccc21. The second kappa shape index (κ2) is 6.76. The van der Waals surface area contributed by atoms with E-state index in [0.29, 0.717) is 0 Å². The van der Waals surface area contributed by atoms with Crippen LogP contribution in [0.3, 0.4) is 0 Å². The van der Waals surface area contributed by atoms with E-state index in [-0.39, 0.29) is 0 Å². The molecule has 1 heterocycles. The lowest BCUT2D eigenvalue weighted by Gasteiger charge is -2.32. The van der Waals surface area contributed by atoms with Gasteiger partial charge in [0.15, 0.2) is 0 Å². The van der Waals surface area contributed by atoms with Crippen LogP contribution in [0.1, 0.15) is 30.9 Å². The summed E-state index contributed by atoms with van der Waals surface area (Å²) in [5.74, 6) is 0.